The number of nitrogens with one attached hydrogen (secondary N) is 3. The number of alkyl halides is 2. The Morgan fingerprint density at radius 3 is 2.88 bits per heavy atom. The number of halogens is 2. The minimum absolute atomic E-state index is 0.256. The lowest BCUT2D eigenvalue weighted by molar-refractivity contribution is -0.0528. The molecule has 0 saturated heterocycles. The van der Waals surface area contributed by atoms with E-state index in [2.05, 4.69) is 30.2 Å². The quantitative estimate of drug-likeness (QED) is 0.739. The summed E-state index contributed by atoms with van der Waals surface area (Å²) < 4.78 is 27.8. The molecule has 2 aromatic rings. The van der Waals surface area contributed by atoms with Crippen LogP contribution in [0.4, 0.5) is 20.4 Å². The molecule has 3 N–H and O–H groups in total. The van der Waals surface area contributed by atoms with Crippen LogP contribution < -0.4 is 15.6 Å². The maximum atomic E-state index is 11.9. The van der Waals surface area contributed by atoms with Crippen molar-refractivity contribution >= 4 is 11.6 Å². The van der Waals surface area contributed by atoms with Gasteiger partial charge in [0, 0.05) is 6.07 Å². The molecule has 9 heteroatoms. The van der Waals surface area contributed by atoms with Crippen LogP contribution in [-0.4, -0.2) is 26.8 Å². The minimum atomic E-state index is -2.94. The summed E-state index contributed by atoms with van der Waals surface area (Å²) in [5.74, 6) is 0.322. The maximum absolute atomic E-state index is 11.9. The van der Waals surface area contributed by atoms with Crippen LogP contribution in [0.1, 0.15) is 0 Å². The lowest BCUT2D eigenvalue weighted by Crippen LogP contribution is -2.07. The fraction of sp³-hybridized carbons (Fsp3) is 0.125. The van der Waals surface area contributed by atoms with Gasteiger partial charge in [-0.25, -0.2) is 0 Å². The summed E-state index contributed by atoms with van der Waals surface area (Å²) in [6.45, 7) is -2.94. The highest BCUT2D eigenvalue weighted by Crippen LogP contribution is 2.17. The van der Waals surface area contributed by atoms with E-state index in [0.29, 0.717) is 5.82 Å². The van der Waals surface area contributed by atoms with Gasteiger partial charge in [-0.2, -0.15) is 8.78 Å². The van der Waals surface area contributed by atoms with Crippen LogP contribution in [-0.2, 0) is 0 Å². The average Bonchev–Trinajstić information content (AvgIpc) is 2.64. The highest BCUT2D eigenvalue weighted by Gasteiger charge is 2.08. The molecule has 0 fully saturated rings. The summed E-state index contributed by atoms with van der Waals surface area (Å²) in [7, 11) is 0. The fourth-order valence-corrected chi connectivity index (χ4v) is 1.10. The second-order valence-electron chi connectivity index (χ2n) is 2.93. The summed E-state index contributed by atoms with van der Waals surface area (Å²) in [6, 6.07) is 1.22. The van der Waals surface area contributed by atoms with E-state index in [1.54, 1.807) is 0 Å². The molecule has 2 aromatic heterocycles. The Kier molecular flexibility index (Phi) is 2.99. The predicted molar refractivity (Wildman–Crippen MR) is 53.4 cm³/mol. The Labute approximate surface area is 92.8 Å². The molecule has 2 heterocycles. The van der Waals surface area contributed by atoms with E-state index < -0.39 is 12.2 Å². The number of H-pyrrole nitrogens is 2. The largest absolute Gasteiger partial charge is 0.415 e. The first kappa shape index (κ1) is 11.0. The molecule has 17 heavy (non-hydrogen) atoms. The van der Waals surface area contributed by atoms with E-state index in [1.165, 1.54) is 12.3 Å². The van der Waals surface area contributed by atoms with Gasteiger partial charge in [-0.05, 0) is 0 Å². The van der Waals surface area contributed by atoms with E-state index in [0.717, 1.165) is 6.20 Å². The van der Waals surface area contributed by atoms with Gasteiger partial charge in [0.1, 0.15) is 11.6 Å². The molecule has 0 amide bonds. The Bertz CT molecular complexity index is 553. The van der Waals surface area contributed by atoms with Crippen LogP contribution in [0.25, 0.3) is 0 Å². The molecule has 0 atom stereocenters. The van der Waals surface area contributed by atoms with Gasteiger partial charge in [0.25, 0.3) is 5.56 Å². The zero-order chi connectivity index (χ0) is 12.3. The number of ether oxygens (including phenoxy) is 1. The molecule has 7 nitrogen and oxygen atoms in total. The zero-order valence-electron chi connectivity index (χ0n) is 8.28. The molecule has 0 aliphatic carbocycles. The normalized spacial score (nSPS) is 10.5. The van der Waals surface area contributed by atoms with E-state index in [1.807, 2.05) is 0 Å². The first-order valence-electron chi connectivity index (χ1n) is 4.45. The number of anilines is 2. The Balaban J connectivity index is 2.09. The molecule has 0 unspecified atom stereocenters. The highest BCUT2D eigenvalue weighted by atomic mass is 19.3. The lowest BCUT2D eigenvalue weighted by Gasteiger charge is -2.00. The van der Waals surface area contributed by atoms with Crippen LogP contribution in [0.15, 0.2) is 23.3 Å². The smallest absolute Gasteiger partial charge is 0.388 e. The van der Waals surface area contributed by atoms with E-state index in [4.69, 9.17) is 0 Å². The van der Waals surface area contributed by atoms with Gasteiger partial charge in [-0.1, -0.05) is 0 Å². The van der Waals surface area contributed by atoms with Gasteiger partial charge in [0.15, 0.2) is 0 Å². The number of hydrogen-bond donors (Lipinski definition) is 3. The second-order valence-corrected chi connectivity index (χ2v) is 2.93. The van der Waals surface area contributed by atoms with Crippen LogP contribution in [0.3, 0.4) is 0 Å². The number of hydrogen-bond acceptors (Lipinski definition) is 5. The van der Waals surface area contributed by atoms with Gasteiger partial charge in [0.2, 0.25) is 5.88 Å². The van der Waals surface area contributed by atoms with Gasteiger partial charge in [0.05, 0.1) is 12.4 Å². The molecule has 0 bridgehead atoms. The van der Waals surface area contributed by atoms with Crippen molar-refractivity contribution in [1.29, 1.82) is 0 Å². The summed E-state index contributed by atoms with van der Waals surface area (Å²) in [5, 5.41) is 8.56. The Hall–Kier alpha value is -2.45. The first-order valence-corrected chi connectivity index (χ1v) is 4.45. The summed E-state index contributed by atoms with van der Waals surface area (Å²) >= 11 is 0. The van der Waals surface area contributed by atoms with Gasteiger partial charge in [-0.15, -0.1) is 5.10 Å². The highest BCUT2D eigenvalue weighted by molar-refractivity contribution is 5.51. The van der Waals surface area contributed by atoms with Crippen LogP contribution in [0.2, 0.25) is 0 Å². The van der Waals surface area contributed by atoms with Crippen LogP contribution in [0, 0.1) is 0 Å². The molecule has 0 aromatic carbocycles. The molecular weight excluding hydrogens is 236 g/mol. The molecule has 0 spiro atoms. The van der Waals surface area contributed by atoms with Gasteiger partial charge in [-0.3, -0.25) is 14.9 Å². The number of nitrogens with zero attached hydrogens (tertiary/aromatic N) is 2. The molecule has 2 rings (SSSR count). The van der Waals surface area contributed by atoms with Crippen LogP contribution >= 0.6 is 0 Å². The van der Waals surface area contributed by atoms with E-state index in [-0.39, 0.29) is 11.7 Å². The third-order valence-electron chi connectivity index (χ3n) is 1.69. The van der Waals surface area contributed by atoms with Crippen molar-refractivity contribution in [2.45, 2.75) is 6.61 Å². The SMILES string of the molecule is O=c1cncc(Nc2cc(OC(F)F)n[nH]2)[nH]1. The maximum Gasteiger partial charge on any atom is 0.388 e. The van der Waals surface area contributed by atoms with Crippen LogP contribution in [0.5, 0.6) is 5.88 Å². The van der Waals surface area contributed by atoms with Crippen molar-refractivity contribution < 1.29 is 13.5 Å². The van der Waals surface area contributed by atoms with Gasteiger partial charge < -0.3 is 15.0 Å². The molecule has 0 aliphatic rings. The monoisotopic (exact) mass is 243 g/mol. The minimum Gasteiger partial charge on any atom is -0.415 e. The predicted octanol–water partition coefficient (Wildman–Crippen LogP) is 0.838. The summed E-state index contributed by atoms with van der Waals surface area (Å²) in [5.41, 5.74) is -0.390. The van der Waals surface area contributed by atoms with Crippen molar-refractivity contribution in [3.05, 3.63) is 28.8 Å². The van der Waals surface area contributed by atoms with Crippen molar-refractivity contribution in [2.24, 2.45) is 0 Å². The second kappa shape index (κ2) is 4.60. The standard InChI is InChI=1S/C8H7F2N5O2/c9-8(10)17-7-1-4(14-15-7)12-5-2-11-3-6(16)13-5/h1-3,8H,(H3,12,13,14,15,16). The lowest BCUT2D eigenvalue weighted by atomic mass is 10.5. The zero-order valence-corrected chi connectivity index (χ0v) is 8.28. The molecule has 0 aliphatic heterocycles. The van der Waals surface area contributed by atoms with Crippen molar-refractivity contribution in [2.75, 3.05) is 5.32 Å². The third kappa shape index (κ3) is 3.00. The molecule has 0 radical (unpaired) electrons. The van der Waals surface area contributed by atoms with E-state index in [9.17, 15) is 13.6 Å². The Morgan fingerprint density at radius 2 is 2.18 bits per heavy atom. The molecular formula is C8H7F2N5O2. The first-order chi connectivity index (χ1) is 8.13. The van der Waals surface area contributed by atoms with Crippen molar-refractivity contribution in [3.8, 4) is 5.88 Å². The number of rotatable bonds is 4. The topological polar surface area (TPSA) is 95.7 Å². The van der Waals surface area contributed by atoms with Crippen molar-refractivity contribution in [3.63, 3.8) is 0 Å². The fourth-order valence-electron chi connectivity index (χ4n) is 1.10. The number of aromatic amines is 2. The average molecular weight is 243 g/mol. The summed E-state index contributed by atoms with van der Waals surface area (Å²) in [6.07, 6.45) is 2.46. The summed E-state index contributed by atoms with van der Waals surface area (Å²) in [4.78, 5) is 17.0. The molecule has 90 valence electrons. The van der Waals surface area contributed by atoms with E-state index >= 15 is 0 Å². The van der Waals surface area contributed by atoms with Gasteiger partial charge >= 0.3 is 6.61 Å². The third-order valence-corrected chi connectivity index (χ3v) is 1.69. The Morgan fingerprint density at radius 1 is 1.35 bits per heavy atom. The molecule has 0 saturated carbocycles. The number of aromatic nitrogens is 4. The van der Waals surface area contributed by atoms with Crippen molar-refractivity contribution in [1.82, 2.24) is 20.2 Å².